The highest BCUT2D eigenvalue weighted by Gasteiger charge is 2.18. The molecule has 142 valence electrons. The molecule has 27 heavy (non-hydrogen) atoms. The lowest BCUT2D eigenvalue weighted by atomic mass is 10.1. The Morgan fingerprint density at radius 1 is 1.26 bits per heavy atom. The molecular weight excluding hydrogens is 346 g/mol. The van der Waals surface area contributed by atoms with E-state index in [-0.39, 0.29) is 11.7 Å². The van der Waals surface area contributed by atoms with Crippen molar-refractivity contribution in [3.8, 4) is 0 Å². The number of nitro benzene ring substituents is 1. The van der Waals surface area contributed by atoms with E-state index in [0.29, 0.717) is 17.8 Å². The third-order valence-corrected chi connectivity index (χ3v) is 4.13. The van der Waals surface area contributed by atoms with Crippen LogP contribution in [0.1, 0.15) is 17.2 Å². The summed E-state index contributed by atoms with van der Waals surface area (Å²) in [5.41, 5.74) is 2.05. The second-order valence-corrected chi connectivity index (χ2v) is 6.16. The minimum absolute atomic E-state index is 0.0485. The molecule has 0 saturated heterocycles. The summed E-state index contributed by atoms with van der Waals surface area (Å²) >= 11 is 0. The smallest absolute Gasteiger partial charge is 0.330 e. The Morgan fingerprint density at radius 2 is 1.96 bits per heavy atom. The van der Waals surface area contributed by atoms with Crippen molar-refractivity contribution in [1.82, 2.24) is 4.90 Å². The maximum absolute atomic E-state index is 11.5. The third kappa shape index (κ3) is 5.65. The number of anilines is 1. The number of benzene rings is 2. The van der Waals surface area contributed by atoms with Gasteiger partial charge in [0, 0.05) is 18.7 Å². The van der Waals surface area contributed by atoms with E-state index in [2.05, 4.69) is 15.0 Å². The van der Waals surface area contributed by atoms with E-state index >= 15 is 0 Å². The SMILES string of the molecule is COC(=O)/C=C/c1ccc(NCC(c2ccccc2)N(C)C)c([N+](=O)[O-])c1. The van der Waals surface area contributed by atoms with Crippen LogP contribution in [0.5, 0.6) is 0 Å². The van der Waals surface area contributed by atoms with E-state index in [4.69, 9.17) is 0 Å². The fourth-order valence-electron chi connectivity index (χ4n) is 2.67. The van der Waals surface area contributed by atoms with Crippen molar-refractivity contribution in [2.45, 2.75) is 6.04 Å². The molecule has 0 heterocycles. The first-order valence-corrected chi connectivity index (χ1v) is 8.42. The lowest BCUT2D eigenvalue weighted by Gasteiger charge is -2.25. The zero-order chi connectivity index (χ0) is 19.8. The van der Waals surface area contributed by atoms with Crippen LogP contribution in [0.4, 0.5) is 11.4 Å². The largest absolute Gasteiger partial charge is 0.466 e. The van der Waals surface area contributed by atoms with E-state index in [0.717, 1.165) is 5.56 Å². The van der Waals surface area contributed by atoms with Crippen LogP contribution in [0.3, 0.4) is 0 Å². The van der Waals surface area contributed by atoms with Crippen LogP contribution in [0, 0.1) is 10.1 Å². The van der Waals surface area contributed by atoms with Crippen LogP contribution < -0.4 is 5.32 Å². The molecule has 0 spiro atoms. The first kappa shape index (κ1) is 20.1. The van der Waals surface area contributed by atoms with Crippen LogP contribution in [-0.2, 0) is 9.53 Å². The maximum Gasteiger partial charge on any atom is 0.330 e. The summed E-state index contributed by atoms with van der Waals surface area (Å²) in [6.07, 6.45) is 2.71. The number of rotatable bonds is 8. The number of carbonyl (C=O) groups excluding carboxylic acids is 1. The van der Waals surface area contributed by atoms with Crippen molar-refractivity contribution >= 4 is 23.4 Å². The molecule has 1 unspecified atom stereocenters. The van der Waals surface area contributed by atoms with Gasteiger partial charge in [-0.3, -0.25) is 10.1 Å². The number of likely N-dealkylation sites (N-methyl/N-ethyl adjacent to an activating group) is 1. The zero-order valence-electron chi connectivity index (χ0n) is 15.6. The van der Waals surface area contributed by atoms with Gasteiger partial charge in [0.1, 0.15) is 5.69 Å². The van der Waals surface area contributed by atoms with Crippen LogP contribution >= 0.6 is 0 Å². The highest BCUT2D eigenvalue weighted by Crippen LogP contribution is 2.28. The van der Waals surface area contributed by atoms with Crippen molar-refractivity contribution in [1.29, 1.82) is 0 Å². The topological polar surface area (TPSA) is 84.7 Å². The molecular formula is C20H23N3O4. The number of carbonyl (C=O) groups is 1. The van der Waals surface area contributed by atoms with Gasteiger partial charge in [0.15, 0.2) is 0 Å². The predicted octanol–water partition coefficient (Wildman–Crippen LogP) is 3.50. The van der Waals surface area contributed by atoms with Gasteiger partial charge in [0.2, 0.25) is 0 Å². The van der Waals surface area contributed by atoms with E-state index < -0.39 is 10.9 Å². The summed E-state index contributed by atoms with van der Waals surface area (Å²) in [4.78, 5) is 24.3. The Hall–Kier alpha value is -3.19. The molecule has 0 aliphatic rings. The van der Waals surface area contributed by atoms with Gasteiger partial charge in [-0.25, -0.2) is 4.79 Å². The standard InChI is InChI=1S/C20H23N3O4/c1-22(2)19(16-7-5-4-6-8-16)14-21-17-11-9-15(10-12-20(24)27-3)13-18(17)23(25)26/h4-13,19,21H,14H2,1-3H3/b12-10+. The van der Waals surface area contributed by atoms with E-state index in [9.17, 15) is 14.9 Å². The van der Waals surface area contributed by atoms with E-state index in [1.807, 2.05) is 44.4 Å². The number of methoxy groups -OCH3 is 1. The second-order valence-electron chi connectivity index (χ2n) is 6.16. The first-order chi connectivity index (χ1) is 12.9. The summed E-state index contributed by atoms with van der Waals surface area (Å²) < 4.78 is 4.53. The summed E-state index contributed by atoms with van der Waals surface area (Å²) in [7, 11) is 5.21. The fraction of sp³-hybridized carbons (Fsp3) is 0.250. The lowest BCUT2D eigenvalue weighted by molar-refractivity contribution is -0.384. The Morgan fingerprint density at radius 3 is 2.56 bits per heavy atom. The summed E-state index contributed by atoms with van der Waals surface area (Å²) in [6, 6.07) is 14.8. The quantitative estimate of drug-likeness (QED) is 0.332. The number of hydrogen-bond donors (Lipinski definition) is 1. The molecule has 0 aliphatic carbocycles. The number of nitro groups is 1. The Bertz CT molecular complexity index is 819. The number of ether oxygens (including phenoxy) is 1. The Balaban J connectivity index is 2.21. The number of esters is 1. The molecule has 0 amide bonds. The lowest BCUT2D eigenvalue weighted by Crippen LogP contribution is -2.27. The highest BCUT2D eigenvalue weighted by molar-refractivity contribution is 5.87. The third-order valence-electron chi connectivity index (χ3n) is 4.13. The van der Waals surface area contributed by atoms with E-state index in [1.54, 1.807) is 12.1 Å². The molecule has 0 radical (unpaired) electrons. The predicted molar refractivity (Wildman–Crippen MR) is 106 cm³/mol. The minimum Gasteiger partial charge on any atom is -0.466 e. The molecule has 7 heteroatoms. The van der Waals surface area contributed by atoms with Crippen molar-refractivity contribution in [3.63, 3.8) is 0 Å². The Labute approximate surface area is 158 Å². The molecule has 2 aromatic rings. The maximum atomic E-state index is 11.5. The summed E-state index contributed by atoms with van der Waals surface area (Å²) in [6.45, 7) is 0.509. The number of nitrogens with zero attached hydrogens (tertiary/aromatic N) is 2. The molecule has 0 fully saturated rings. The average Bonchev–Trinajstić information content (AvgIpc) is 2.67. The second kappa shape index (κ2) is 9.49. The highest BCUT2D eigenvalue weighted by atomic mass is 16.6. The van der Waals surface area contributed by atoms with E-state index in [1.165, 1.54) is 25.3 Å². The van der Waals surface area contributed by atoms with Crippen LogP contribution in [-0.4, -0.2) is 43.5 Å². The van der Waals surface area contributed by atoms with Crippen molar-refractivity contribution < 1.29 is 14.5 Å². The van der Waals surface area contributed by atoms with Crippen molar-refractivity contribution in [2.24, 2.45) is 0 Å². The first-order valence-electron chi connectivity index (χ1n) is 8.42. The van der Waals surface area contributed by atoms with Gasteiger partial charge in [-0.1, -0.05) is 36.4 Å². The molecule has 2 rings (SSSR count). The van der Waals surface area contributed by atoms with Gasteiger partial charge in [-0.2, -0.15) is 0 Å². The minimum atomic E-state index is -0.517. The van der Waals surface area contributed by atoms with Crippen LogP contribution in [0.2, 0.25) is 0 Å². The molecule has 7 nitrogen and oxygen atoms in total. The van der Waals surface area contributed by atoms with Gasteiger partial charge in [-0.15, -0.1) is 0 Å². The molecule has 0 aliphatic heterocycles. The van der Waals surface area contributed by atoms with Gasteiger partial charge in [0.05, 0.1) is 18.1 Å². The van der Waals surface area contributed by atoms with Crippen molar-refractivity contribution in [2.75, 3.05) is 33.1 Å². The normalized spacial score (nSPS) is 12.1. The van der Waals surface area contributed by atoms with Gasteiger partial charge in [0.25, 0.3) is 5.69 Å². The molecule has 2 aromatic carbocycles. The van der Waals surface area contributed by atoms with Gasteiger partial charge >= 0.3 is 5.97 Å². The van der Waals surface area contributed by atoms with Gasteiger partial charge in [-0.05, 0) is 37.4 Å². The number of hydrogen-bond acceptors (Lipinski definition) is 6. The molecule has 1 atom stereocenters. The molecule has 0 bridgehead atoms. The zero-order valence-corrected chi connectivity index (χ0v) is 15.6. The fourth-order valence-corrected chi connectivity index (χ4v) is 2.67. The number of nitrogens with one attached hydrogen (secondary N) is 1. The molecule has 0 aromatic heterocycles. The summed E-state index contributed by atoms with van der Waals surface area (Å²) in [5, 5.41) is 14.6. The summed E-state index contributed by atoms with van der Waals surface area (Å²) in [5.74, 6) is -0.517. The van der Waals surface area contributed by atoms with Gasteiger partial charge < -0.3 is 15.0 Å². The van der Waals surface area contributed by atoms with Crippen LogP contribution in [0.15, 0.2) is 54.6 Å². The molecule has 0 saturated carbocycles. The van der Waals surface area contributed by atoms with Crippen LogP contribution in [0.25, 0.3) is 6.08 Å². The van der Waals surface area contributed by atoms with Crippen molar-refractivity contribution in [3.05, 3.63) is 75.8 Å². The Kier molecular flexibility index (Phi) is 7.08. The monoisotopic (exact) mass is 369 g/mol. The average molecular weight is 369 g/mol. The molecule has 1 N–H and O–H groups in total.